The second-order valence-corrected chi connectivity index (χ2v) is 4.04. The minimum atomic E-state index is -1.77. The molecule has 0 aromatic heterocycles. The lowest BCUT2D eigenvalue weighted by atomic mass is 10.0. The highest BCUT2D eigenvalue weighted by atomic mass is 79.9. The average molecular weight is 303 g/mol. The summed E-state index contributed by atoms with van der Waals surface area (Å²) in [5, 5.41) is 27.6. The number of aliphatic carboxylic acids is 1. The number of rotatable bonds is 5. The molecule has 0 radical (unpaired) electrons. The van der Waals surface area contributed by atoms with Crippen molar-refractivity contribution in [3.63, 3.8) is 0 Å². The highest BCUT2D eigenvalue weighted by Crippen LogP contribution is 2.25. The molecular formula is C11H11BrO5. The molecule has 3 N–H and O–H groups in total. The van der Waals surface area contributed by atoms with E-state index in [9.17, 15) is 19.8 Å². The van der Waals surface area contributed by atoms with Crippen LogP contribution >= 0.6 is 15.9 Å². The molecule has 1 aromatic carbocycles. The summed E-state index contributed by atoms with van der Waals surface area (Å²) in [5.41, 5.74) is 0.473. The van der Waals surface area contributed by atoms with Gasteiger partial charge in [-0.05, 0) is 11.6 Å². The van der Waals surface area contributed by atoms with Crippen molar-refractivity contribution in [3.8, 4) is 5.75 Å². The van der Waals surface area contributed by atoms with E-state index in [1.807, 2.05) is 0 Å². The Balaban J connectivity index is 2.94. The Morgan fingerprint density at radius 2 is 2.00 bits per heavy atom. The molecule has 1 aromatic rings. The van der Waals surface area contributed by atoms with Crippen molar-refractivity contribution in [2.75, 3.05) is 5.33 Å². The minimum Gasteiger partial charge on any atom is -0.508 e. The third-order valence-corrected chi connectivity index (χ3v) is 2.80. The minimum absolute atomic E-state index is 0.0593. The third-order valence-electron chi connectivity index (χ3n) is 2.17. The van der Waals surface area contributed by atoms with Crippen molar-refractivity contribution in [1.29, 1.82) is 0 Å². The van der Waals surface area contributed by atoms with Crippen LogP contribution in [0, 0.1) is 0 Å². The summed E-state index contributed by atoms with van der Waals surface area (Å²) in [5.74, 6) is -1.83. The molecule has 5 nitrogen and oxygen atoms in total. The zero-order chi connectivity index (χ0) is 13.0. The quantitative estimate of drug-likeness (QED) is 0.706. The lowest BCUT2D eigenvalue weighted by Gasteiger charge is -2.09. The van der Waals surface area contributed by atoms with Gasteiger partial charge in [-0.2, -0.15) is 0 Å². The fraction of sp³-hybridized carbons (Fsp3) is 0.273. The largest absolute Gasteiger partial charge is 0.508 e. The maximum absolute atomic E-state index is 11.1. The van der Waals surface area contributed by atoms with Gasteiger partial charge in [0.25, 0.3) is 0 Å². The molecule has 0 saturated carbocycles. The van der Waals surface area contributed by atoms with Crippen LogP contribution in [0.15, 0.2) is 18.2 Å². The van der Waals surface area contributed by atoms with E-state index in [1.165, 1.54) is 18.2 Å². The first-order valence-corrected chi connectivity index (χ1v) is 5.88. The molecule has 0 aliphatic rings. The van der Waals surface area contributed by atoms with Crippen LogP contribution in [0.1, 0.15) is 17.2 Å². The number of phenolic OH excluding ortho intramolecular Hbond substituents is 1. The molecule has 0 aliphatic carbocycles. The summed E-state index contributed by atoms with van der Waals surface area (Å²) in [6, 6.07) is 4.08. The van der Waals surface area contributed by atoms with Crippen molar-refractivity contribution in [2.24, 2.45) is 0 Å². The molecule has 0 heterocycles. The number of carboxylic acids is 1. The smallest absolute Gasteiger partial charge is 0.337 e. The average Bonchev–Trinajstić information content (AvgIpc) is 2.28. The van der Waals surface area contributed by atoms with Gasteiger partial charge in [0, 0.05) is 12.0 Å². The number of aliphatic hydroxyl groups excluding tert-OH is 1. The van der Waals surface area contributed by atoms with E-state index < -0.39 is 12.1 Å². The van der Waals surface area contributed by atoms with Crippen molar-refractivity contribution in [3.05, 3.63) is 29.3 Å². The molecule has 0 bridgehead atoms. The summed E-state index contributed by atoms with van der Waals surface area (Å²) in [6.45, 7) is 0. The number of benzene rings is 1. The zero-order valence-electron chi connectivity index (χ0n) is 8.76. The molecule has 1 atom stereocenters. The van der Waals surface area contributed by atoms with Crippen LogP contribution < -0.4 is 0 Å². The summed E-state index contributed by atoms with van der Waals surface area (Å²) in [7, 11) is 0. The van der Waals surface area contributed by atoms with E-state index >= 15 is 0 Å². The molecule has 1 unspecified atom stereocenters. The number of phenols is 1. The molecule has 0 aliphatic heterocycles. The van der Waals surface area contributed by atoms with Gasteiger partial charge in [-0.3, -0.25) is 4.79 Å². The predicted octanol–water partition coefficient (Wildman–Crippen LogP) is 1.02. The summed E-state index contributed by atoms with van der Waals surface area (Å²) in [4.78, 5) is 21.7. The van der Waals surface area contributed by atoms with Gasteiger partial charge in [0.1, 0.15) is 11.5 Å². The topological polar surface area (TPSA) is 94.8 Å². The van der Waals surface area contributed by atoms with Gasteiger partial charge in [-0.15, -0.1) is 0 Å². The predicted molar refractivity (Wildman–Crippen MR) is 63.2 cm³/mol. The zero-order valence-corrected chi connectivity index (χ0v) is 10.3. The van der Waals surface area contributed by atoms with Gasteiger partial charge in [0.05, 0.1) is 5.33 Å². The standard InChI is InChI=1S/C11H11BrO5/c12-5-7(13)3-6-1-2-8(9(14)4-6)10(15)11(16)17/h1-2,4,10,14-15H,3,5H2,(H,16,17). The van der Waals surface area contributed by atoms with Crippen LogP contribution in [0.5, 0.6) is 5.75 Å². The molecule has 0 spiro atoms. The fourth-order valence-electron chi connectivity index (χ4n) is 1.34. The fourth-order valence-corrected chi connectivity index (χ4v) is 1.54. The molecule has 0 saturated heterocycles. The van der Waals surface area contributed by atoms with Crippen molar-refractivity contribution >= 4 is 27.7 Å². The Hall–Kier alpha value is -1.40. The van der Waals surface area contributed by atoms with Gasteiger partial charge >= 0.3 is 5.97 Å². The maximum atomic E-state index is 11.1. The monoisotopic (exact) mass is 302 g/mol. The lowest BCUT2D eigenvalue weighted by Crippen LogP contribution is -2.11. The van der Waals surface area contributed by atoms with Crippen molar-refractivity contribution in [2.45, 2.75) is 12.5 Å². The van der Waals surface area contributed by atoms with Crippen LogP contribution in [-0.4, -0.2) is 32.4 Å². The number of Topliss-reactive ketones (excluding diaryl/α,β-unsaturated/α-hetero) is 1. The van der Waals surface area contributed by atoms with Crippen LogP contribution in [0.3, 0.4) is 0 Å². The van der Waals surface area contributed by atoms with Crippen molar-refractivity contribution < 1.29 is 24.9 Å². The molecule has 0 fully saturated rings. The van der Waals surface area contributed by atoms with E-state index in [0.29, 0.717) is 5.56 Å². The van der Waals surface area contributed by atoms with Crippen LogP contribution in [0.4, 0.5) is 0 Å². The summed E-state index contributed by atoms with van der Waals surface area (Å²) < 4.78 is 0. The molecule has 17 heavy (non-hydrogen) atoms. The number of hydrogen-bond donors (Lipinski definition) is 3. The molecule has 1 rings (SSSR count). The lowest BCUT2D eigenvalue weighted by molar-refractivity contribution is -0.147. The molecule has 6 heteroatoms. The van der Waals surface area contributed by atoms with E-state index in [-0.39, 0.29) is 28.8 Å². The van der Waals surface area contributed by atoms with Crippen molar-refractivity contribution in [1.82, 2.24) is 0 Å². The van der Waals surface area contributed by atoms with Crippen LogP contribution in [0.25, 0.3) is 0 Å². The number of carbonyl (C=O) groups is 2. The number of hydrogen-bond acceptors (Lipinski definition) is 4. The first-order valence-electron chi connectivity index (χ1n) is 4.76. The summed E-state index contributed by atoms with van der Waals surface area (Å²) >= 11 is 3.02. The highest BCUT2D eigenvalue weighted by molar-refractivity contribution is 9.09. The van der Waals surface area contributed by atoms with Gasteiger partial charge in [-0.25, -0.2) is 4.79 Å². The maximum Gasteiger partial charge on any atom is 0.337 e. The Bertz CT molecular complexity index is 443. The number of carboxylic acid groups (broad SMARTS) is 1. The normalized spacial score (nSPS) is 12.1. The highest BCUT2D eigenvalue weighted by Gasteiger charge is 2.19. The number of carbonyl (C=O) groups excluding carboxylic acids is 1. The van der Waals surface area contributed by atoms with Crippen LogP contribution in [-0.2, 0) is 16.0 Å². The third kappa shape index (κ3) is 3.54. The first-order chi connectivity index (χ1) is 7.95. The Kier molecular flexibility index (Phi) is 4.65. The van der Waals surface area contributed by atoms with E-state index in [1.54, 1.807) is 0 Å². The SMILES string of the molecule is O=C(CBr)Cc1ccc(C(O)C(=O)O)c(O)c1. The van der Waals surface area contributed by atoms with Crippen LogP contribution in [0.2, 0.25) is 0 Å². The number of aromatic hydroxyl groups is 1. The molecular weight excluding hydrogens is 292 g/mol. The molecule has 0 amide bonds. The Labute approximate surface area is 106 Å². The van der Waals surface area contributed by atoms with Gasteiger partial charge in [0.2, 0.25) is 0 Å². The second-order valence-electron chi connectivity index (χ2n) is 3.48. The van der Waals surface area contributed by atoms with Gasteiger partial charge in [-0.1, -0.05) is 28.1 Å². The number of aliphatic hydroxyl groups is 1. The number of ketones is 1. The van der Waals surface area contributed by atoms with E-state index in [0.717, 1.165) is 0 Å². The van der Waals surface area contributed by atoms with E-state index in [4.69, 9.17) is 5.11 Å². The summed E-state index contributed by atoms with van der Waals surface area (Å²) in [6.07, 6.45) is -1.63. The van der Waals surface area contributed by atoms with Gasteiger partial charge < -0.3 is 15.3 Å². The first kappa shape index (κ1) is 13.7. The van der Waals surface area contributed by atoms with Gasteiger partial charge in [0.15, 0.2) is 6.10 Å². The molecule has 92 valence electrons. The second kappa shape index (κ2) is 5.79. The Morgan fingerprint density at radius 1 is 1.35 bits per heavy atom. The Morgan fingerprint density at radius 3 is 2.47 bits per heavy atom. The number of alkyl halides is 1. The van der Waals surface area contributed by atoms with E-state index in [2.05, 4.69) is 15.9 Å². The number of halogens is 1.